The Kier molecular flexibility index (Phi) is 5.74. The van der Waals surface area contributed by atoms with E-state index in [0.29, 0.717) is 12.0 Å². The van der Waals surface area contributed by atoms with Crippen molar-refractivity contribution in [2.24, 2.45) is 5.84 Å². The summed E-state index contributed by atoms with van der Waals surface area (Å²) in [6, 6.07) is 4.55. The standard InChI is InChI=1S/C12H17F3N2O2/c1-18-11(19-2)10(17-16)7-8-3-5-9(6-4-8)12(13,14)15/h3-6,10-11,17H,7,16H2,1-2H3. The van der Waals surface area contributed by atoms with Crippen molar-refractivity contribution in [1.29, 1.82) is 0 Å². The molecule has 0 aliphatic rings. The van der Waals surface area contributed by atoms with E-state index in [9.17, 15) is 13.2 Å². The molecule has 19 heavy (non-hydrogen) atoms. The Labute approximate surface area is 109 Å². The van der Waals surface area contributed by atoms with Crippen LogP contribution in [0.15, 0.2) is 24.3 Å². The van der Waals surface area contributed by atoms with E-state index in [2.05, 4.69) is 5.43 Å². The van der Waals surface area contributed by atoms with E-state index in [0.717, 1.165) is 12.1 Å². The van der Waals surface area contributed by atoms with Crippen molar-refractivity contribution < 1.29 is 22.6 Å². The molecule has 0 amide bonds. The SMILES string of the molecule is COC(OC)C(Cc1ccc(C(F)(F)F)cc1)NN. The Morgan fingerprint density at radius 1 is 1.16 bits per heavy atom. The maximum Gasteiger partial charge on any atom is 0.416 e. The largest absolute Gasteiger partial charge is 0.416 e. The number of hydrogen-bond acceptors (Lipinski definition) is 4. The molecule has 1 aromatic carbocycles. The molecule has 1 rings (SSSR count). The average molecular weight is 278 g/mol. The maximum atomic E-state index is 12.4. The van der Waals surface area contributed by atoms with Crippen molar-refractivity contribution in [1.82, 2.24) is 5.43 Å². The van der Waals surface area contributed by atoms with E-state index in [1.807, 2.05) is 0 Å². The van der Waals surface area contributed by atoms with Crippen molar-refractivity contribution in [3.8, 4) is 0 Å². The zero-order valence-electron chi connectivity index (χ0n) is 10.7. The van der Waals surface area contributed by atoms with Gasteiger partial charge in [-0.3, -0.25) is 11.3 Å². The first kappa shape index (κ1) is 15.9. The van der Waals surface area contributed by atoms with Gasteiger partial charge in [0.1, 0.15) is 0 Å². The second-order valence-corrected chi connectivity index (χ2v) is 4.01. The van der Waals surface area contributed by atoms with Crippen molar-refractivity contribution >= 4 is 0 Å². The summed E-state index contributed by atoms with van der Waals surface area (Å²) in [6.07, 6.45) is -4.51. The van der Waals surface area contributed by atoms with E-state index in [-0.39, 0.29) is 6.04 Å². The molecule has 0 saturated carbocycles. The van der Waals surface area contributed by atoms with Crippen molar-refractivity contribution in [2.45, 2.75) is 24.9 Å². The minimum atomic E-state index is -4.33. The van der Waals surface area contributed by atoms with Crippen LogP contribution in [0.25, 0.3) is 0 Å². The van der Waals surface area contributed by atoms with Gasteiger partial charge in [-0.05, 0) is 24.1 Å². The van der Waals surface area contributed by atoms with Gasteiger partial charge < -0.3 is 9.47 Å². The molecule has 0 fully saturated rings. The Morgan fingerprint density at radius 2 is 1.68 bits per heavy atom. The van der Waals surface area contributed by atoms with Crippen LogP contribution in [0.1, 0.15) is 11.1 Å². The highest BCUT2D eigenvalue weighted by atomic mass is 19.4. The minimum absolute atomic E-state index is 0.355. The third-order valence-electron chi connectivity index (χ3n) is 2.74. The van der Waals surface area contributed by atoms with Crippen molar-refractivity contribution in [2.75, 3.05) is 14.2 Å². The monoisotopic (exact) mass is 278 g/mol. The van der Waals surface area contributed by atoms with Gasteiger partial charge in [0, 0.05) is 14.2 Å². The van der Waals surface area contributed by atoms with Crippen LogP contribution in [-0.4, -0.2) is 26.6 Å². The zero-order valence-corrected chi connectivity index (χ0v) is 10.7. The number of halogens is 3. The van der Waals surface area contributed by atoms with Gasteiger partial charge in [0.05, 0.1) is 11.6 Å². The molecular weight excluding hydrogens is 261 g/mol. The molecular formula is C12H17F3N2O2. The van der Waals surface area contributed by atoms with Gasteiger partial charge >= 0.3 is 6.18 Å². The summed E-state index contributed by atoms with van der Waals surface area (Å²) in [5, 5.41) is 0. The molecule has 0 saturated heterocycles. The van der Waals surface area contributed by atoms with Crippen LogP contribution in [0.4, 0.5) is 13.2 Å². The topological polar surface area (TPSA) is 56.5 Å². The Bertz CT molecular complexity index is 378. The summed E-state index contributed by atoms with van der Waals surface area (Å²) in [4.78, 5) is 0. The summed E-state index contributed by atoms with van der Waals surface area (Å²) in [7, 11) is 2.93. The fraction of sp³-hybridized carbons (Fsp3) is 0.500. The smallest absolute Gasteiger partial charge is 0.354 e. The molecule has 1 aromatic rings. The maximum absolute atomic E-state index is 12.4. The molecule has 7 heteroatoms. The molecule has 108 valence electrons. The highest BCUT2D eigenvalue weighted by Crippen LogP contribution is 2.29. The first-order chi connectivity index (χ1) is 8.92. The van der Waals surface area contributed by atoms with E-state index >= 15 is 0 Å². The van der Waals surface area contributed by atoms with Gasteiger partial charge in [-0.2, -0.15) is 13.2 Å². The van der Waals surface area contributed by atoms with Gasteiger partial charge in [0.15, 0.2) is 6.29 Å². The lowest BCUT2D eigenvalue weighted by molar-refractivity contribution is -0.137. The number of alkyl halides is 3. The van der Waals surface area contributed by atoms with Crippen LogP contribution in [-0.2, 0) is 22.1 Å². The summed E-state index contributed by atoms with van der Waals surface area (Å²) >= 11 is 0. The molecule has 3 N–H and O–H groups in total. The van der Waals surface area contributed by atoms with Crippen LogP contribution in [0.2, 0.25) is 0 Å². The van der Waals surface area contributed by atoms with Crippen molar-refractivity contribution in [3.05, 3.63) is 35.4 Å². The van der Waals surface area contributed by atoms with E-state index in [1.165, 1.54) is 26.4 Å². The van der Waals surface area contributed by atoms with Crippen LogP contribution in [0.5, 0.6) is 0 Å². The molecule has 0 aromatic heterocycles. The predicted octanol–water partition coefficient (Wildman–Crippen LogP) is 1.70. The normalized spacial score (nSPS) is 13.8. The number of benzene rings is 1. The number of hydrazine groups is 1. The van der Waals surface area contributed by atoms with E-state index in [4.69, 9.17) is 15.3 Å². The Balaban J connectivity index is 2.76. The quantitative estimate of drug-likeness (QED) is 0.472. The Morgan fingerprint density at radius 3 is 2.05 bits per heavy atom. The molecule has 0 aliphatic heterocycles. The molecule has 4 nitrogen and oxygen atoms in total. The third kappa shape index (κ3) is 4.46. The van der Waals surface area contributed by atoms with Crippen LogP contribution in [0, 0.1) is 0 Å². The van der Waals surface area contributed by atoms with Crippen LogP contribution >= 0.6 is 0 Å². The lowest BCUT2D eigenvalue weighted by Gasteiger charge is -2.24. The van der Waals surface area contributed by atoms with Gasteiger partial charge in [0.25, 0.3) is 0 Å². The van der Waals surface area contributed by atoms with Crippen LogP contribution < -0.4 is 11.3 Å². The molecule has 0 bridgehead atoms. The summed E-state index contributed by atoms with van der Waals surface area (Å²) in [5.74, 6) is 5.38. The molecule has 0 aliphatic carbocycles. The molecule has 0 spiro atoms. The lowest BCUT2D eigenvalue weighted by Crippen LogP contribution is -2.47. The number of nitrogens with one attached hydrogen (secondary N) is 1. The Hall–Kier alpha value is -1.15. The molecule has 1 unspecified atom stereocenters. The zero-order chi connectivity index (χ0) is 14.5. The second kappa shape index (κ2) is 6.85. The first-order valence-corrected chi connectivity index (χ1v) is 5.60. The van der Waals surface area contributed by atoms with E-state index in [1.54, 1.807) is 0 Å². The average Bonchev–Trinajstić information content (AvgIpc) is 2.38. The molecule has 0 radical (unpaired) electrons. The number of nitrogens with two attached hydrogens (primary N) is 1. The number of methoxy groups -OCH3 is 2. The van der Waals surface area contributed by atoms with Gasteiger partial charge in [-0.25, -0.2) is 0 Å². The molecule has 0 heterocycles. The third-order valence-corrected chi connectivity index (χ3v) is 2.74. The number of hydrogen-bond donors (Lipinski definition) is 2. The fourth-order valence-corrected chi connectivity index (χ4v) is 1.74. The minimum Gasteiger partial charge on any atom is -0.354 e. The fourth-order valence-electron chi connectivity index (χ4n) is 1.74. The highest BCUT2D eigenvalue weighted by molar-refractivity contribution is 5.25. The lowest BCUT2D eigenvalue weighted by atomic mass is 10.0. The van der Waals surface area contributed by atoms with E-state index < -0.39 is 18.0 Å². The summed E-state index contributed by atoms with van der Waals surface area (Å²) in [5.41, 5.74) is 2.55. The van der Waals surface area contributed by atoms with Gasteiger partial charge in [0.2, 0.25) is 0 Å². The van der Waals surface area contributed by atoms with Crippen molar-refractivity contribution in [3.63, 3.8) is 0 Å². The highest BCUT2D eigenvalue weighted by Gasteiger charge is 2.30. The first-order valence-electron chi connectivity index (χ1n) is 5.60. The van der Waals surface area contributed by atoms with Crippen LogP contribution in [0.3, 0.4) is 0 Å². The number of ether oxygens (including phenoxy) is 2. The van der Waals surface area contributed by atoms with Gasteiger partial charge in [-0.15, -0.1) is 0 Å². The summed E-state index contributed by atoms with van der Waals surface area (Å²) < 4.78 is 47.4. The second-order valence-electron chi connectivity index (χ2n) is 4.01. The van der Waals surface area contributed by atoms with Gasteiger partial charge in [-0.1, -0.05) is 12.1 Å². The summed E-state index contributed by atoms with van der Waals surface area (Å²) in [6.45, 7) is 0. The molecule has 1 atom stereocenters. The number of rotatable bonds is 6. The predicted molar refractivity (Wildman–Crippen MR) is 64.1 cm³/mol.